The van der Waals surface area contributed by atoms with Gasteiger partial charge in [-0.05, 0) is 37.4 Å². The lowest BCUT2D eigenvalue weighted by atomic mass is 9.75. The Kier molecular flexibility index (Phi) is 4.08. The highest BCUT2D eigenvalue weighted by molar-refractivity contribution is 6.26. The number of hydrogen-bond acceptors (Lipinski definition) is 6. The van der Waals surface area contributed by atoms with Gasteiger partial charge < -0.3 is 5.32 Å². The minimum atomic E-state index is -1.24. The fourth-order valence-corrected chi connectivity index (χ4v) is 6.59. The fourth-order valence-electron chi connectivity index (χ4n) is 6.59. The number of para-hydroxylation sites is 1. The Labute approximate surface area is 189 Å². The Morgan fingerprint density at radius 1 is 1.15 bits per heavy atom. The molecule has 9 nitrogen and oxygen atoms in total. The third kappa shape index (κ3) is 2.32. The van der Waals surface area contributed by atoms with Gasteiger partial charge in [0.1, 0.15) is 5.54 Å². The molecule has 0 unspecified atom stereocenters. The summed E-state index contributed by atoms with van der Waals surface area (Å²) in [5.74, 6) is -2.65. The Morgan fingerprint density at radius 2 is 1.94 bits per heavy atom. The molecule has 33 heavy (non-hydrogen) atoms. The van der Waals surface area contributed by atoms with Crippen LogP contribution in [0, 0.1) is 22.0 Å². The van der Waals surface area contributed by atoms with E-state index in [2.05, 4.69) is 10.2 Å². The van der Waals surface area contributed by atoms with Crippen LogP contribution < -0.4 is 10.2 Å². The molecule has 3 fully saturated rings. The minimum absolute atomic E-state index is 0.175. The number of nitrogens with one attached hydrogen (secondary N) is 1. The van der Waals surface area contributed by atoms with E-state index in [0.717, 1.165) is 41.0 Å². The monoisotopic (exact) mass is 446 g/mol. The predicted molar refractivity (Wildman–Crippen MR) is 118 cm³/mol. The average molecular weight is 446 g/mol. The lowest BCUT2D eigenvalue weighted by Gasteiger charge is -2.36. The summed E-state index contributed by atoms with van der Waals surface area (Å²) in [5, 5.41) is 14.3. The molecule has 4 heterocycles. The summed E-state index contributed by atoms with van der Waals surface area (Å²) in [6.45, 7) is 2.65. The van der Waals surface area contributed by atoms with E-state index in [-0.39, 0.29) is 29.2 Å². The van der Waals surface area contributed by atoms with Crippen molar-refractivity contribution in [2.24, 2.45) is 11.8 Å². The van der Waals surface area contributed by atoms with Crippen LogP contribution in [-0.2, 0) is 26.3 Å². The Balaban J connectivity index is 1.54. The van der Waals surface area contributed by atoms with Crippen LogP contribution in [0.25, 0.3) is 0 Å². The second-order valence-electron chi connectivity index (χ2n) is 9.11. The van der Waals surface area contributed by atoms with Crippen molar-refractivity contribution in [2.75, 3.05) is 16.8 Å². The van der Waals surface area contributed by atoms with Gasteiger partial charge in [0.2, 0.25) is 17.7 Å². The van der Waals surface area contributed by atoms with Gasteiger partial charge in [-0.3, -0.25) is 29.4 Å². The van der Waals surface area contributed by atoms with Crippen LogP contribution in [0.15, 0.2) is 42.5 Å². The zero-order chi connectivity index (χ0) is 23.1. The highest BCUT2D eigenvalue weighted by Gasteiger charge is 2.74. The van der Waals surface area contributed by atoms with Gasteiger partial charge in [-0.1, -0.05) is 31.2 Å². The number of imide groups is 1. The number of carbonyl (C=O) groups is 3. The van der Waals surface area contributed by atoms with Crippen molar-refractivity contribution in [1.29, 1.82) is 0 Å². The van der Waals surface area contributed by atoms with Crippen molar-refractivity contribution in [3.05, 3.63) is 63.7 Å². The SMILES string of the molecule is CCc1cccc2c1NC(=O)[C@]21[C@@H]2C(=O)N(c3cccc([N+](=O)[O-])c3)C(=O)[C@@H]2[C@@H]2CCCN21. The first-order valence-electron chi connectivity index (χ1n) is 11.2. The molecule has 168 valence electrons. The van der Waals surface area contributed by atoms with Crippen LogP contribution in [0.4, 0.5) is 17.1 Å². The summed E-state index contributed by atoms with van der Waals surface area (Å²) in [4.78, 5) is 55.2. The summed E-state index contributed by atoms with van der Waals surface area (Å²) in [5.41, 5.74) is 1.23. The molecule has 0 aliphatic carbocycles. The highest BCUT2D eigenvalue weighted by Crippen LogP contribution is 2.61. The summed E-state index contributed by atoms with van der Waals surface area (Å²) in [6.07, 6.45) is 2.29. The van der Waals surface area contributed by atoms with E-state index in [4.69, 9.17) is 0 Å². The molecule has 9 heteroatoms. The summed E-state index contributed by atoms with van der Waals surface area (Å²) >= 11 is 0. The molecule has 2 aromatic carbocycles. The number of carbonyl (C=O) groups excluding carboxylic acids is 3. The van der Waals surface area contributed by atoms with Crippen LogP contribution >= 0.6 is 0 Å². The number of rotatable bonds is 3. The topological polar surface area (TPSA) is 113 Å². The van der Waals surface area contributed by atoms with E-state index in [9.17, 15) is 24.5 Å². The van der Waals surface area contributed by atoms with Gasteiger partial charge in [0.15, 0.2) is 0 Å². The molecule has 2 aromatic rings. The molecule has 0 saturated carbocycles. The van der Waals surface area contributed by atoms with Crippen molar-refractivity contribution in [3.63, 3.8) is 0 Å². The van der Waals surface area contributed by atoms with Crippen molar-refractivity contribution in [2.45, 2.75) is 37.8 Å². The van der Waals surface area contributed by atoms with Crippen LogP contribution in [0.5, 0.6) is 0 Å². The zero-order valence-corrected chi connectivity index (χ0v) is 18.0. The predicted octanol–water partition coefficient (Wildman–Crippen LogP) is 2.59. The number of nitro benzene ring substituents is 1. The molecule has 1 spiro atoms. The zero-order valence-electron chi connectivity index (χ0n) is 18.0. The summed E-state index contributed by atoms with van der Waals surface area (Å²) < 4.78 is 0. The first-order chi connectivity index (χ1) is 15.9. The van der Waals surface area contributed by atoms with Crippen molar-refractivity contribution in [1.82, 2.24) is 4.90 Å². The van der Waals surface area contributed by atoms with Crippen molar-refractivity contribution < 1.29 is 19.3 Å². The van der Waals surface area contributed by atoms with Crippen molar-refractivity contribution in [3.8, 4) is 0 Å². The molecule has 3 amide bonds. The molecule has 0 aromatic heterocycles. The van der Waals surface area contributed by atoms with Crippen LogP contribution in [0.3, 0.4) is 0 Å². The second kappa shape index (κ2) is 6.71. The standard InChI is InChI=1S/C24H22N4O5/c1-2-13-6-3-9-16-20(13)25-23(31)24(16)19-18(17-10-5-11-26(17)24)21(29)27(22(19)30)14-7-4-8-15(12-14)28(32)33/h3-4,6-9,12,17-19H,2,5,10-11H2,1H3,(H,25,31)/t17-,18+,19-,24+/m0/s1. The van der Waals surface area contributed by atoms with E-state index in [0.29, 0.717) is 6.54 Å². The fraction of sp³-hybridized carbons (Fsp3) is 0.375. The van der Waals surface area contributed by atoms with Gasteiger partial charge in [-0.25, -0.2) is 4.90 Å². The minimum Gasteiger partial charge on any atom is -0.324 e. The number of aryl methyl sites for hydroxylation is 1. The summed E-state index contributed by atoms with van der Waals surface area (Å²) in [7, 11) is 0. The number of non-ortho nitro benzene ring substituents is 1. The number of benzene rings is 2. The molecule has 4 atom stereocenters. The normalized spacial score (nSPS) is 30.0. The molecule has 6 rings (SSSR count). The molecule has 0 bridgehead atoms. The number of nitrogens with zero attached hydrogens (tertiary/aromatic N) is 3. The van der Waals surface area contributed by atoms with E-state index in [1.807, 2.05) is 25.1 Å². The van der Waals surface area contributed by atoms with Gasteiger partial charge in [0.05, 0.1) is 22.4 Å². The van der Waals surface area contributed by atoms with E-state index < -0.39 is 28.2 Å². The Morgan fingerprint density at radius 3 is 2.70 bits per heavy atom. The molecule has 4 aliphatic rings. The van der Waals surface area contributed by atoms with E-state index in [1.54, 1.807) is 0 Å². The number of anilines is 2. The van der Waals surface area contributed by atoms with Crippen LogP contribution in [-0.4, -0.2) is 40.1 Å². The third-order valence-electron chi connectivity index (χ3n) is 7.79. The van der Waals surface area contributed by atoms with Crippen LogP contribution in [0.2, 0.25) is 0 Å². The molecule has 4 aliphatic heterocycles. The highest BCUT2D eigenvalue weighted by atomic mass is 16.6. The average Bonchev–Trinajstić information content (AvgIpc) is 3.51. The first kappa shape index (κ1) is 20.0. The maximum atomic E-state index is 13.9. The van der Waals surface area contributed by atoms with E-state index >= 15 is 0 Å². The maximum Gasteiger partial charge on any atom is 0.271 e. The smallest absolute Gasteiger partial charge is 0.271 e. The lowest BCUT2D eigenvalue weighted by Crippen LogP contribution is -2.54. The van der Waals surface area contributed by atoms with Gasteiger partial charge in [-0.2, -0.15) is 0 Å². The third-order valence-corrected chi connectivity index (χ3v) is 7.79. The number of fused-ring (bicyclic) bond motifs is 7. The lowest BCUT2D eigenvalue weighted by molar-refractivity contribution is -0.384. The van der Waals surface area contributed by atoms with Gasteiger partial charge in [-0.15, -0.1) is 0 Å². The molecule has 1 N–H and O–H groups in total. The Bertz CT molecular complexity index is 1260. The quantitative estimate of drug-likeness (QED) is 0.441. The molecular weight excluding hydrogens is 424 g/mol. The second-order valence-corrected chi connectivity index (χ2v) is 9.11. The maximum absolute atomic E-state index is 13.9. The first-order valence-corrected chi connectivity index (χ1v) is 11.2. The number of amides is 3. The molecular formula is C24H22N4O5. The summed E-state index contributed by atoms with van der Waals surface area (Å²) in [6, 6.07) is 11.1. The molecule has 3 saturated heterocycles. The van der Waals surface area contributed by atoms with E-state index in [1.165, 1.54) is 24.3 Å². The van der Waals surface area contributed by atoms with Crippen molar-refractivity contribution >= 4 is 34.8 Å². The van der Waals surface area contributed by atoms with Gasteiger partial charge >= 0.3 is 0 Å². The molecule has 0 radical (unpaired) electrons. The number of hydrogen-bond donors (Lipinski definition) is 1. The van der Waals surface area contributed by atoms with Gasteiger partial charge in [0.25, 0.3) is 5.69 Å². The largest absolute Gasteiger partial charge is 0.324 e. The Hall–Kier alpha value is -3.59. The van der Waals surface area contributed by atoms with Gasteiger partial charge in [0, 0.05) is 29.4 Å². The van der Waals surface area contributed by atoms with Crippen LogP contribution in [0.1, 0.15) is 30.9 Å². The number of nitro groups is 1.